The van der Waals surface area contributed by atoms with E-state index in [-0.39, 0.29) is 5.54 Å². The van der Waals surface area contributed by atoms with Crippen LogP contribution in [0.5, 0.6) is 0 Å². The van der Waals surface area contributed by atoms with Gasteiger partial charge in [-0.05, 0) is 33.6 Å². The first-order chi connectivity index (χ1) is 7.81. The van der Waals surface area contributed by atoms with Crippen molar-refractivity contribution in [2.24, 2.45) is 0 Å². The summed E-state index contributed by atoms with van der Waals surface area (Å²) in [5, 5.41) is 2.70. The van der Waals surface area contributed by atoms with Crippen LogP contribution in [-0.2, 0) is 9.59 Å². The maximum absolute atomic E-state index is 11.9. The Morgan fingerprint density at radius 2 is 1.65 bits per heavy atom. The molecular formula is C13H26N2O2. The molecule has 0 bridgehead atoms. The first-order valence-corrected chi connectivity index (χ1v) is 6.43. The quantitative estimate of drug-likeness (QED) is 0.749. The van der Waals surface area contributed by atoms with Gasteiger partial charge in [0.05, 0.1) is 0 Å². The summed E-state index contributed by atoms with van der Waals surface area (Å²) in [4.78, 5) is 25.3. The maximum Gasteiger partial charge on any atom is 0.311 e. The first-order valence-electron chi connectivity index (χ1n) is 6.43. The minimum absolute atomic E-state index is 0.366. The van der Waals surface area contributed by atoms with Crippen LogP contribution in [0.15, 0.2) is 0 Å². The average molecular weight is 242 g/mol. The Balaban J connectivity index is 4.43. The zero-order valence-electron chi connectivity index (χ0n) is 11.8. The number of hydrogen-bond donors (Lipinski definition) is 1. The predicted octanol–water partition coefficient (Wildman–Crippen LogP) is 1.94. The summed E-state index contributed by atoms with van der Waals surface area (Å²) < 4.78 is 0. The summed E-state index contributed by atoms with van der Waals surface area (Å²) in [7, 11) is 0. The smallest absolute Gasteiger partial charge is 0.311 e. The van der Waals surface area contributed by atoms with Crippen molar-refractivity contribution in [3.05, 3.63) is 0 Å². The standard InChI is InChI=1S/C13H26N2O2/c1-6-8-10-15(9-7-2)12(17)11(16)14-13(3,4)5/h6-10H2,1-5H3,(H,14,16). The van der Waals surface area contributed by atoms with Gasteiger partial charge in [-0.1, -0.05) is 20.3 Å². The van der Waals surface area contributed by atoms with Crippen molar-refractivity contribution in [3.8, 4) is 0 Å². The molecule has 0 radical (unpaired) electrons. The van der Waals surface area contributed by atoms with Gasteiger partial charge in [0.2, 0.25) is 0 Å². The van der Waals surface area contributed by atoms with E-state index in [1.165, 1.54) is 0 Å². The molecule has 0 aliphatic rings. The molecule has 1 N–H and O–H groups in total. The van der Waals surface area contributed by atoms with Crippen LogP contribution < -0.4 is 5.32 Å². The molecule has 0 rings (SSSR count). The van der Waals surface area contributed by atoms with Crippen molar-refractivity contribution in [2.75, 3.05) is 13.1 Å². The molecule has 100 valence electrons. The van der Waals surface area contributed by atoms with Crippen LogP contribution in [-0.4, -0.2) is 35.3 Å². The molecule has 0 heterocycles. The van der Waals surface area contributed by atoms with Gasteiger partial charge in [-0.25, -0.2) is 0 Å². The van der Waals surface area contributed by atoms with Crippen molar-refractivity contribution in [1.82, 2.24) is 10.2 Å². The van der Waals surface area contributed by atoms with Crippen molar-refractivity contribution < 1.29 is 9.59 Å². The number of carbonyl (C=O) groups excluding carboxylic acids is 2. The Kier molecular flexibility index (Phi) is 6.85. The highest BCUT2D eigenvalue weighted by molar-refractivity contribution is 6.35. The fraction of sp³-hybridized carbons (Fsp3) is 0.846. The van der Waals surface area contributed by atoms with Crippen LogP contribution in [0.3, 0.4) is 0 Å². The van der Waals surface area contributed by atoms with Crippen LogP contribution in [0.2, 0.25) is 0 Å². The summed E-state index contributed by atoms with van der Waals surface area (Å²) >= 11 is 0. The Morgan fingerprint density at radius 1 is 1.06 bits per heavy atom. The molecule has 0 saturated heterocycles. The lowest BCUT2D eigenvalue weighted by Gasteiger charge is -2.25. The topological polar surface area (TPSA) is 49.4 Å². The molecule has 0 unspecified atom stereocenters. The molecule has 2 amide bonds. The molecule has 0 aromatic heterocycles. The van der Waals surface area contributed by atoms with Crippen LogP contribution in [0.4, 0.5) is 0 Å². The van der Waals surface area contributed by atoms with Gasteiger partial charge in [-0.3, -0.25) is 9.59 Å². The lowest BCUT2D eigenvalue weighted by Crippen LogP contribution is -2.49. The molecule has 0 saturated carbocycles. The van der Waals surface area contributed by atoms with Gasteiger partial charge < -0.3 is 10.2 Å². The predicted molar refractivity (Wildman–Crippen MR) is 69.7 cm³/mol. The second kappa shape index (κ2) is 7.30. The van der Waals surface area contributed by atoms with Crippen LogP contribution in [0.1, 0.15) is 53.9 Å². The molecule has 17 heavy (non-hydrogen) atoms. The zero-order valence-corrected chi connectivity index (χ0v) is 11.8. The highest BCUT2D eigenvalue weighted by Crippen LogP contribution is 2.02. The summed E-state index contributed by atoms with van der Waals surface area (Å²) in [5.74, 6) is -0.905. The third-order valence-corrected chi connectivity index (χ3v) is 2.25. The zero-order chi connectivity index (χ0) is 13.5. The van der Waals surface area contributed by atoms with E-state index in [2.05, 4.69) is 12.2 Å². The highest BCUT2D eigenvalue weighted by atomic mass is 16.2. The lowest BCUT2D eigenvalue weighted by molar-refractivity contribution is -0.146. The summed E-state index contributed by atoms with van der Waals surface area (Å²) in [6.07, 6.45) is 2.83. The van der Waals surface area contributed by atoms with E-state index < -0.39 is 11.8 Å². The van der Waals surface area contributed by atoms with E-state index in [4.69, 9.17) is 0 Å². The van der Waals surface area contributed by atoms with Gasteiger partial charge >= 0.3 is 11.8 Å². The minimum atomic E-state index is -0.498. The third kappa shape index (κ3) is 6.97. The van der Waals surface area contributed by atoms with E-state index in [1.807, 2.05) is 27.7 Å². The highest BCUT2D eigenvalue weighted by Gasteiger charge is 2.24. The number of unbranched alkanes of at least 4 members (excludes halogenated alkanes) is 1. The van der Waals surface area contributed by atoms with Crippen molar-refractivity contribution in [1.29, 1.82) is 0 Å². The van der Waals surface area contributed by atoms with E-state index in [9.17, 15) is 9.59 Å². The molecule has 0 aliphatic carbocycles. The molecular weight excluding hydrogens is 216 g/mol. The molecule has 4 heteroatoms. The summed E-state index contributed by atoms with van der Waals surface area (Å²) in [6.45, 7) is 11.0. The molecule has 0 spiro atoms. The van der Waals surface area contributed by atoms with Gasteiger partial charge in [-0.2, -0.15) is 0 Å². The van der Waals surface area contributed by atoms with Crippen molar-refractivity contribution in [2.45, 2.75) is 59.4 Å². The number of nitrogens with one attached hydrogen (secondary N) is 1. The maximum atomic E-state index is 11.9. The SMILES string of the molecule is CCCCN(CCC)C(=O)C(=O)NC(C)(C)C. The average Bonchev–Trinajstić information content (AvgIpc) is 2.20. The number of amides is 2. The lowest BCUT2D eigenvalue weighted by atomic mass is 10.1. The molecule has 0 fully saturated rings. The number of rotatable bonds is 5. The molecule has 0 atom stereocenters. The summed E-state index contributed by atoms with van der Waals surface area (Å²) in [5.41, 5.74) is -0.366. The summed E-state index contributed by atoms with van der Waals surface area (Å²) in [6, 6.07) is 0. The molecule has 0 aromatic carbocycles. The van der Waals surface area contributed by atoms with E-state index in [0.29, 0.717) is 13.1 Å². The largest absolute Gasteiger partial charge is 0.343 e. The van der Waals surface area contributed by atoms with Crippen molar-refractivity contribution >= 4 is 11.8 Å². The third-order valence-electron chi connectivity index (χ3n) is 2.25. The second-order valence-corrected chi connectivity index (χ2v) is 5.35. The van der Waals surface area contributed by atoms with Gasteiger partial charge in [0.25, 0.3) is 0 Å². The fourth-order valence-electron chi connectivity index (χ4n) is 1.47. The minimum Gasteiger partial charge on any atom is -0.343 e. The fourth-order valence-corrected chi connectivity index (χ4v) is 1.47. The molecule has 4 nitrogen and oxygen atoms in total. The van der Waals surface area contributed by atoms with Gasteiger partial charge in [0.15, 0.2) is 0 Å². The van der Waals surface area contributed by atoms with Gasteiger partial charge in [0.1, 0.15) is 0 Å². The van der Waals surface area contributed by atoms with E-state index in [1.54, 1.807) is 4.90 Å². The Bertz CT molecular complexity index is 257. The van der Waals surface area contributed by atoms with E-state index in [0.717, 1.165) is 19.3 Å². The van der Waals surface area contributed by atoms with Crippen LogP contribution in [0.25, 0.3) is 0 Å². The molecule has 0 aliphatic heterocycles. The number of hydrogen-bond acceptors (Lipinski definition) is 2. The monoisotopic (exact) mass is 242 g/mol. The Hall–Kier alpha value is -1.06. The van der Waals surface area contributed by atoms with Crippen LogP contribution >= 0.6 is 0 Å². The Labute approximate surface area is 105 Å². The van der Waals surface area contributed by atoms with E-state index >= 15 is 0 Å². The van der Waals surface area contributed by atoms with Gasteiger partial charge in [-0.15, -0.1) is 0 Å². The van der Waals surface area contributed by atoms with Crippen LogP contribution in [0, 0.1) is 0 Å². The van der Waals surface area contributed by atoms with Gasteiger partial charge in [0, 0.05) is 18.6 Å². The second-order valence-electron chi connectivity index (χ2n) is 5.35. The first kappa shape index (κ1) is 15.9. The number of carbonyl (C=O) groups is 2. The number of nitrogens with zero attached hydrogens (tertiary/aromatic N) is 1. The van der Waals surface area contributed by atoms with Crippen molar-refractivity contribution in [3.63, 3.8) is 0 Å². The normalized spacial score (nSPS) is 11.1. The Morgan fingerprint density at radius 3 is 2.06 bits per heavy atom. The molecule has 0 aromatic rings.